The van der Waals surface area contributed by atoms with Crippen molar-refractivity contribution in [2.75, 3.05) is 6.54 Å². The molecule has 5 heterocycles. The number of sulfonamides is 1. The molecule has 4 aliphatic rings. The van der Waals surface area contributed by atoms with Gasteiger partial charge in [0.25, 0.3) is 11.8 Å². The highest BCUT2D eigenvalue weighted by Crippen LogP contribution is 2.46. The normalized spacial score (nSPS) is 26.8. The summed E-state index contributed by atoms with van der Waals surface area (Å²) in [7, 11) is -3.90. The van der Waals surface area contributed by atoms with E-state index in [9.17, 15) is 27.6 Å². The summed E-state index contributed by atoms with van der Waals surface area (Å²) in [4.78, 5) is 78.5. The van der Waals surface area contributed by atoms with Crippen molar-refractivity contribution in [1.29, 1.82) is 0 Å². The molecular formula is C37H39N9O7S. The van der Waals surface area contributed by atoms with Crippen LogP contribution in [0, 0.1) is 5.92 Å². The first kappa shape index (κ1) is 35.4. The zero-order valence-electron chi connectivity index (χ0n) is 29.3. The molecule has 8 rings (SSSR count). The first-order valence-electron chi connectivity index (χ1n) is 18.2. The fourth-order valence-corrected chi connectivity index (χ4v) is 8.78. The van der Waals surface area contributed by atoms with Crippen LogP contribution in [0.3, 0.4) is 0 Å². The summed E-state index contributed by atoms with van der Waals surface area (Å²) in [6.45, 7) is -0.0345. The maximum Gasteiger partial charge on any atom is 0.270 e. The number of allylic oxidation sites excluding steroid dienone is 1. The van der Waals surface area contributed by atoms with E-state index in [0.717, 1.165) is 23.6 Å². The number of rotatable bonds is 7. The van der Waals surface area contributed by atoms with Crippen molar-refractivity contribution in [1.82, 2.24) is 45.2 Å². The Bertz CT molecular complexity index is 2270. The zero-order chi connectivity index (χ0) is 37.5. The van der Waals surface area contributed by atoms with Crippen LogP contribution >= 0.6 is 0 Å². The minimum atomic E-state index is -3.90. The van der Waals surface area contributed by atoms with E-state index in [0.29, 0.717) is 43.1 Å². The Labute approximate surface area is 310 Å². The Balaban J connectivity index is 1.12. The van der Waals surface area contributed by atoms with Crippen molar-refractivity contribution in [3.63, 3.8) is 0 Å². The molecule has 17 heteroatoms. The van der Waals surface area contributed by atoms with Gasteiger partial charge in [-0.15, -0.1) is 0 Å². The quantitative estimate of drug-likeness (QED) is 0.183. The molecule has 0 radical (unpaired) electrons. The molecule has 4 aromatic rings. The fourth-order valence-electron chi connectivity index (χ4n) is 7.42. The van der Waals surface area contributed by atoms with Gasteiger partial charge in [0, 0.05) is 35.5 Å². The van der Waals surface area contributed by atoms with Crippen LogP contribution in [0.2, 0.25) is 0 Å². The number of carbonyl (C=O) groups is 4. The Morgan fingerprint density at radius 3 is 2.57 bits per heavy atom. The van der Waals surface area contributed by atoms with Crippen LogP contribution in [0.15, 0.2) is 67.5 Å². The Kier molecular flexibility index (Phi) is 9.41. The molecule has 3 aromatic heterocycles. The number of nitrogens with one attached hydrogen (secondary N) is 3. The predicted molar refractivity (Wildman–Crippen MR) is 194 cm³/mol. The van der Waals surface area contributed by atoms with Gasteiger partial charge >= 0.3 is 0 Å². The van der Waals surface area contributed by atoms with Crippen LogP contribution in [-0.4, -0.2) is 97.4 Å². The molecule has 2 saturated carbocycles. The van der Waals surface area contributed by atoms with Gasteiger partial charge in [0.15, 0.2) is 5.65 Å². The molecule has 0 bridgehead atoms. The minimum Gasteiger partial charge on any atom is -0.472 e. The van der Waals surface area contributed by atoms with Crippen molar-refractivity contribution in [3.8, 4) is 5.88 Å². The molecule has 3 N–H and O–H groups in total. The Hall–Kier alpha value is -5.58. The summed E-state index contributed by atoms with van der Waals surface area (Å²) in [5, 5.41) is 7.31. The molecule has 2 aliphatic heterocycles. The highest BCUT2D eigenvalue weighted by molar-refractivity contribution is 7.91. The van der Waals surface area contributed by atoms with E-state index in [4.69, 9.17) is 4.74 Å². The van der Waals surface area contributed by atoms with Gasteiger partial charge in [0.2, 0.25) is 27.7 Å². The third kappa shape index (κ3) is 7.07. The van der Waals surface area contributed by atoms with E-state index in [1.54, 1.807) is 6.20 Å². The van der Waals surface area contributed by atoms with Gasteiger partial charge in [-0.2, -0.15) is 4.98 Å². The summed E-state index contributed by atoms with van der Waals surface area (Å²) in [5.74, 6) is -2.67. The number of amides is 4. The topological polar surface area (TPSA) is 215 Å². The number of benzene rings is 1. The molecule has 1 aromatic carbocycles. The lowest BCUT2D eigenvalue weighted by atomic mass is 10.0. The molecule has 5 atom stereocenters. The lowest BCUT2D eigenvalue weighted by molar-refractivity contribution is -0.141. The van der Waals surface area contributed by atoms with E-state index in [-0.39, 0.29) is 31.0 Å². The smallest absolute Gasteiger partial charge is 0.270 e. The highest BCUT2D eigenvalue weighted by Gasteiger charge is 2.62. The van der Waals surface area contributed by atoms with Crippen LogP contribution in [0.5, 0.6) is 5.88 Å². The highest BCUT2D eigenvalue weighted by atomic mass is 32.2. The van der Waals surface area contributed by atoms with Crippen molar-refractivity contribution < 1.29 is 32.3 Å². The molecule has 54 heavy (non-hydrogen) atoms. The number of ether oxygens (including phenoxy) is 1. The average Bonchev–Trinajstić information content (AvgIpc) is 4.11. The molecule has 0 unspecified atom stereocenters. The molecule has 2 aliphatic carbocycles. The van der Waals surface area contributed by atoms with Gasteiger partial charge in [-0.3, -0.25) is 23.9 Å². The molecule has 16 nitrogen and oxygen atoms in total. The minimum absolute atomic E-state index is 0.0283. The average molecular weight is 754 g/mol. The summed E-state index contributed by atoms with van der Waals surface area (Å²) in [6.07, 6.45) is 13.1. The second kappa shape index (κ2) is 14.3. The van der Waals surface area contributed by atoms with Crippen LogP contribution in [0.4, 0.5) is 0 Å². The Morgan fingerprint density at radius 2 is 1.78 bits per heavy atom. The van der Waals surface area contributed by atoms with Gasteiger partial charge in [-0.1, -0.05) is 43.2 Å². The number of aromatic nitrogens is 5. The number of hydrogen-bond acceptors (Lipinski definition) is 12. The third-order valence-corrected chi connectivity index (χ3v) is 12.4. The summed E-state index contributed by atoms with van der Waals surface area (Å²) < 4.78 is 34.4. The summed E-state index contributed by atoms with van der Waals surface area (Å²) in [5.41, 5.74) is -1.02. The molecule has 3 fully saturated rings. The van der Waals surface area contributed by atoms with Gasteiger partial charge < -0.3 is 20.3 Å². The third-order valence-electron chi connectivity index (χ3n) is 10.6. The number of nitrogens with zero attached hydrogens (tertiary/aromatic N) is 6. The molecule has 0 spiro atoms. The van der Waals surface area contributed by atoms with E-state index >= 15 is 0 Å². The Morgan fingerprint density at radius 1 is 0.963 bits per heavy atom. The van der Waals surface area contributed by atoms with Gasteiger partial charge in [-0.25, -0.2) is 28.4 Å². The van der Waals surface area contributed by atoms with Crippen molar-refractivity contribution in [3.05, 3.63) is 73.2 Å². The van der Waals surface area contributed by atoms with Gasteiger partial charge in [0.05, 0.1) is 11.8 Å². The first-order chi connectivity index (χ1) is 26.1. The second-order valence-corrected chi connectivity index (χ2v) is 16.3. The van der Waals surface area contributed by atoms with Crippen LogP contribution < -0.4 is 20.1 Å². The van der Waals surface area contributed by atoms with E-state index < -0.39 is 68.5 Å². The standard InChI is InChI=1S/C37H39N9O7S/c47-32(28-14-15-38-20-40-28)42-29-11-5-3-1-2-4-8-22-17-37(22,36(50)45-54(51,52)24-12-13-24)44-33(48)30-16-23(19-46(30)35(29)49)53-34-26-10-7-6-9-25(26)27-18-39-21-41-31(27)43-34/h4,6-10,14-15,18,20-24,29-30H,1-3,5,11-13,16-17,19H2,(H,42,47)(H,44,48)(H,45,50)/b8-4-/t22-,23+,29-,30-,37+/m0/s1. The predicted octanol–water partition coefficient (Wildman–Crippen LogP) is 2.12. The molecule has 280 valence electrons. The van der Waals surface area contributed by atoms with Crippen LogP contribution in [-0.2, 0) is 24.4 Å². The number of carbonyl (C=O) groups excluding carboxylic acids is 4. The van der Waals surface area contributed by atoms with E-state index in [2.05, 4.69) is 40.3 Å². The molecule has 1 saturated heterocycles. The number of fused-ring (bicyclic) bond motifs is 5. The summed E-state index contributed by atoms with van der Waals surface area (Å²) in [6, 6.07) is 6.80. The first-order valence-corrected chi connectivity index (χ1v) is 19.7. The van der Waals surface area contributed by atoms with Crippen molar-refractivity contribution in [2.45, 2.75) is 86.8 Å². The van der Waals surface area contributed by atoms with E-state index in [1.807, 2.05) is 36.4 Å². The number of pyridine rings is 1. The zero-order valence-corrected chi connectivity index (χ0v) is 30.1. The molecule has 4 amide bonds. The van der Waals surface area contributed by atoms with E-state index in [1.165, 1.54) is 29.8 Å². The lowest BCUT2D eigenvalue weighted by Gasteiger charge is -2.29. The molecular weight excluding hydrogens is 715 g/mol. The second-order valence-electron chi connectivity index (χ2n) is 14.3. The van der Waals surface area contributed by atoms with Crippen molar-refractivity contribution in [2.24, 2.45) is 5.92 Å². The van der Waals surface area contributed by atoms with Gasteiger partial charge in [0.1, 0.15) is 42.1 Å². The SMILES string of the molecule is O=C(N[C@H]1CCCCC/C=C\[C@H]2C[C@@]2(C(=O)NS(=O)(=O)C2CC2)NC(=O)[C@@H]2C[C@@H](Oc3nc4ncncc4c4ccccc34)CN2C1=O)c1ccncn1. The van der Waals surface area contributed by atoms with Crippen molar-refractivity contribution >= 4 is 55.5 Å². The number of hydrogen-bond donors (Lipinski definition) is 3. The van der Waals surface area contributed by atoms with Gasteiger partial charge in [-0.05, 0) is 56.0 Å². The maximum absolute atomic E-state index is 14.6. The summed E-state index contributed by atoms with van der Waals surface area (Å²) >= 11 is 0. The largest absolute Gasteiger partial charge is 0.472 e. The monoisotopic (exact) mass is 753 g/mol. The lowest BCUT2D eigenvalue weighted by Crippen LogP contribution is -2.58. The van der Waals surface area contributed by atoms with Crippen LogP contribution in [0.1, 0.15) is 68.3 Å². The fraction of sp³-hybridized carbons (Fsp3) is 0.432. The van der Waals surface area contributed by atoms with Crippen LogP contribution in [0.25, 0.3) is 21.8 Å². The maximum atomic E-state index is 14.6.